The van der Waals surface area contributed by atoms with Crippen LogP contribution in [0.5, 0.6) is 0 Å². The normalized spacial score (nSPS) is 12.2. The topological polar surface area (TPSA) is 120 Å². The molecule has 0 aliphatic heterocycles. The van der Waals surface area contributed by atoms with Crippen molar-refractivity contribution in [2.75, 3.05) is 11.9 Å². The van der Waals surface area contributed by atoms with Gasteiger partial charge < -0.3 is 10.1 Å². The number of ether oxygens (including phenoxy) is 1. The second-order valence-corrected chi connectivity index (χ2v) is 8.23. The zero-order valence-electron chi connectivity index (χ0n) is 18.1. The van der Waals surface area contributed by atoms with E-state index in [4.69, 9.17) is 21.0 Å². The summed E-state index contributed by atoms with van der Waals surface area (Å²) in [5, 5.41) is 17.2. The maximum absolute atomic E-state index is 12.9. The minimum atomic E-state index is -4.59. The summed E-state index contributed by atoms with van der Waals surface area (Å²) in [6, 6.07) is 4.99. The van der Waals surface area contributed by atoms with Crippen LogP contribution in [-0.2, 0) is 31.3 Å². The molecule has 9 nitrogen and oxygen atoms in total. The molecule has 0 saturated heterocycles. The third-order valence-electron chi connectivity index (χ3n) is 4.36. The van der Waals surface area contributed by atoms with E-state index in [1.54, 1.807) is 13.8 Å². The Bertz CT molecular complexity index is 1160. The van der Waals surface area contributed by atoms with Crippen LogP contribution >= 0.6 is 19.6 Å². The van der Waals surface area contributed by atoms with Crippen LogP contribution in [0.15, 0.2) is 35.5 Å². The lowest BCUT2D eigenvalue weighted by Gasteiger charge is -2.14. The Balaban J connectivity index is 2.46. The van der Waals surface area contributed by atoms with E-state index >= 15 is 0 Å². The highest BCUT2D eigenvalue weighted by Crippen LogP contribution is 2.37. The maximum Gasteiger partial charge on any atom is 0.628 e. The molecular weight excluding hydrogens is 502 g/mol. The van der Waals surface area contributed by atoms with Gasteiger partial charge in [-0.05, 0) is 53.8 Å². The predicted molar refractivity (Wildman–Crippen MR) is 120 cm³/mol. The number of nitrogens with one attached hydrogen (secondary N) is 1. The minimum Gasteiger partial charge on any atom is -0.461 e. The number of hydrogen-bond donors (Lipinski definition) is 1. The highest BCUT2D eigenvalue weighted by atomic mass is 35.5. The molecule has 34 heavy (non-hydrogen) atoms. The van der Waals surface area contributed by atoms with Crippen LogP contribution < -0.4 is 10.6 Å². The third-order valence-corrected chi connectivity index (χ3v) is 5.66. The second-order valence-electron chi connectivity index (χ2n) is 6.66. The molecule has 2 aromatic carbocycles. The fourth-order valence-corrected chi connectivity index (χ4v) is 3.75. The molecule has 0 amide bonds. The van der Waals surface area contributed by atoms with Gasteiger partial charge in [-0.3, -0.25) is 10.1 Å². The van der Waals surface area contributed by atoms with E-state index in [1.165, 1.54) is 13.0 Å². The standard InChI is InChI=1S/C20H19ClF3N3O6P/c1-4-12-8-17(27(29)30)18(34(31)33-26-11(3)19(28)32-5-2)10-16(12)25-15-7-6-13(9-14(15)21)20(22,23)24/h6-10,25H,4-5H2,1-3H3/q+1. The van der Waals surface area contributed by atoms with E-state index in [9.17, 15) is 32.6 Å². The number of benzene rings is 2. The summed E-state index contributed by atoms with van der Waals surface area (Å²) in [5.41, 5.74) is -1.02. The van der Waals surface area contributed by atoms with E-state index in [1.807, 2.05) is 0 Å². The van der Waals surface area contributed by atoms with Crippen molar-refractivity contribution in [3.63, 3.8) is 0 Å². The lowest BCUT2D eigenvalue weighted by atomic mass is 10.1. The number of nitrogens with zero attached hydrogens (tertiary/aromatic N) is 2. The molecule has 2 rings (SSSR count). The lowest BCUT2D eigenvalue weighted by molar-refractivity contribution is -0.383. The molecule has 0 fully saturated rings. The van der Waals surface area contributed by atoms with Crippen LogP contribution in [0.25, 0.3) is 0 Å². The number of alkyl halides is 3. The number of carbonyl (C=O) groups is 1. The van der Waals surface area contributed by atoms with Crippen molar-refractivity contribution in [2.24, 2.45) is 5.16 Å². The summed E-state index contributed by atoms with van der Waals surface area (Å²) >= 11 is 5.99. The van der Waals surface area contributed by atoms with Crippen molar-refractivity contribution in [3.05, 3.63) is 56.6 Å². The quantitative estimate of drug-likeness (QED) is 0.144. The molecule has 1 atom stereocenters. The maximum atomic E-state index is 12.9. The number of nitro groups is 1. The molecule has 0 spiro atoms. The molecular formula is C20H19ClF3N3O6P+. The molecule has 0 aliphatic carbocycles. The molecule has 1 N–H and O–H groups in total. The number of hydrogen-bond acceptors (Lipinski definition) is 8. The predicted octanol–water partition coefficient (Wildman–Crippen LogP) is 5.90. The van der Waals surface area contributed by atoms with E-state index in [0.29, 0.717) is 12.0 Å². The van der Waals surface area contributed by atoms with Crippen molar-refractivity contribution in [1.82, 2.24) is 0 Å². The first-order valence-electron chi connectivity index (χ1n) is 9.70. The van der Waals surface area contributed by atoms with Gasteiger partial charge in [0.15, 0.2) is 5.71 Å². The van der Waals surface area contributed by atoms with Gasteiger partial charge in [-0.2, -0.15) is 13.2 Å². The van der Waals surface area contributed by atoms with Crippen molar-refractivity contribution < 1.29 is 36.8 Å². The van der Waals surface area contributed by atoms with Gasteiger partial charge in [0.25, 0.3) is 0 Å². The van der Waals surface area contributed by atoms with Gasteiger partial charge in [0.05, 0.1) is 27.8 Å². The van der Waals surface area contributed by atoms with Gasteiger partial charge in [0, 0.05) is 17.8 Å². The summed E-state index contributed by atoms with van der Waals surface area (Å²) in [5.74, 6) is -0.818. The molecule has 2 aromatic rings. The van der Waals surface area contributed by atoms with Gasteiger partial charge in [0.1, 0.15) is 0 Å². The first-order valence-corrected chi connectivity index (χ1v) is 11.3. The molecule has 0 radical (unpaired) electrons. The molecule has 0 bridgehead atoms. The SMILES string of the molecule is CCOC(=O)C(C)=NO[P+](=O)c1cc(Nc2ccc(C(F)(F)F)cc2Cl)c(CC)cc1[N+](=O)[O-]. The molecule has 1 unspecified atom stereocenters. The zero-order chi connectivity index (χ0) is 25.6. The van der Waals surface area contributed by atoms with Crippen molar-refractivity contribution >= 4 is 53.7 Å². The van der Waals surface area contributed by atoms with Crippen LogP contribution in [0.1, 0.15) is 31.9 Å². The van der Waals surface area contributed by atoms with Crippen LogP contribution in [0.2, 0.25) is 5.02 Å². The van der Waals surface area contributed by atoms with Crippen molar-refractivity contribution in [2.45, 2.75) is 33.4 Å². The first kappa shape index (κ1) is 27.0. The van der Waals surface area contributed by atoms with Crippen LogP contribution in [0.4, 0.5) is 30.2 Å². The van der Waals surface area contributed by atoms with E-state index in [2.05, 4.69) is 10.5 Å². The monoisotopic (exact) mass is 520 g/mol. The fraction of sp³-hybridized carbons (Fsp3) is 0.300. The Morgan fingerprint density at radius 2 is 1.91 bits per heavy atom. The second kappa shape index (κ2) is 11.3. The highest BCUT2D eigenvalue weighted by Gasteiger charge is 2.37. The zero-order valence-corrected chi connectivity index (χ0v) is 19.8. The number of esters is 1. The van der Waals surface area contributed by atoms with Crippen LogP contribution in [0.3, 0.4) is 0 Å². The third kappa shape index (κ3) is 6.64. The highest BCUT2D eigenvalue weighted by molar-refractivity contribution is 7.48. The Morgan fingerprint density at radius 1 is 1.24 bits per heavy atom. The smallest absolute Gasteiger partial charge is 0.461 e. The van der Waals surface area contributed by atoms with Gasteiger partial charge in [-0.15, -0.1) is 4.62 Å². The summed E-state index contributed by atoms with van der Waals surface area (Å²) in [6.07, 6.45) is -4.30. The number of rotatable bonds is 9. The van der Waals surface area contributed by atoms with Crippen LogP contribution in [-0.4, -0.2) is 23.2 Å². The average Bonchev–Trinajstić information content (AvgIpc) is 2.77. The lowest BCUT2D eigenvalue weighted by Crippen LogP contribution is -2.14. The summed E-state index contributed by atoms with van der Waals surface area (Å²) in [4.78, 5) is 22.4. The molecule has 182 valence electrons. The van der Waals surface area contributed by atoms with Crippen LogP contribution in [0, 0.1) is 10.1 Å². The fourth-order valence-electron chi connectivity index (χ4n) is 2.67. The Morgan fingerprint density at radius 3 is 2.44 bits per heavy atom. The van der Waals surface area contributed by atoms with Crippen molar-refractivity contribution in [3.8, 4) is 0 Å². The molecule has 0 aliphatic rings. The molecule has 0 saturated carbocycles. The number of halogens is 4. The molecule has 0 aromatic heterocycles. The van der Waals surface area contributed by atoms with Gasteiger partial charge in [-0.1, -0.05) is 18.5 Å². The minimum absolute atomic E-state index is 0.0727. The molecule has 0 heterocycles. The summed E-state index contributed by atoms with van der Waals surface area (Å²) in [7, 11) is -2.94. The number of carbonyl (C=O) groups excluding carboxylic acids is 1. The number of anilines is 2. The van der Waals surface area contributed by atoms with Crippen molar-refractivity contribution in [1.29, 1.82) is 0 Å². The van der Waals surface area contributed by atoms with E-state index in [0.717, 1.165) is 24.3 Å². The number of oxime groups is 1. The molecule has 14 heteroatoms. The largest absolute Gasteiger partial charge is 0.628 e. The summed E-state index contributed by atoms with van der Waals surface area (Å²) in [6.45, 7) is 4.59. The van der Waals surface area contributed by atoms with Gasteiger partial charge in [0.2, 0.25) is 0 Å². The van der Waals surface area contributed by atoms with E-state index in [-0.39, 0.29) is 34.0 Å². The first-order chi connectivity index (χ1) is 15.9. The Kier molecular flexibility index (Phi) is 8.94. The van der Waals surface area contributed by atoms with E-state index < -0.39 is 36.3 Å². The number of nitro benzene ring substituents is 1. The van der Waals surface area contributed by atoms with Gasteiger partial charge in [-0.25, -0.2) is 4.79 Å². The number of aryl methyl sites for hydroxylation is 1. The Hall–Kier alpha value is -3.24. The summed E-state index contributed by atoms with van der Waals surface area (Å²) < 4.78 is 60.9. The average molecular weight is 521 g/mol. The van der Waals surface area contributed by atoms with Gasteiger partial charge >= 0.3 is 31.2 Å². The Labute approximate surface area is 197 Å².